The van der Waals surface area contributed by atoms with E-state index in [0.717, 1.165) is 0 Å². The van der Waals surface area contributed by atoms with Crippen molar-refractivity contribution in [1.82, 2.24) is 0 Å². The number of rotatable bonds is 8. The molecule has 0 bridgehead atoms. The fourth-order valence-corrected chi connectivity index (χ4v) is 2.42. The average molecular weight is 400 g/mol. The Bertz CT molecular complexity index is 915. The van der Waals surface area contributed by atoms with Gasteiger partial charge in [-0.1, -0.05) is 17.7 Å². The van der Waals surface area contributed by atoms with Crippen molar-refractivity contribution >= 4 is 29.4 Å². The minimum Gasteiger partial charge on any atom is -0.493 e. The molecule has 0 fully saturated rings. The summed E-state index contributed by atoms with van der Waals surface area (Å²) >= 11 is 5.80. The van der Waals surface area contributed by atoms with Crippen LogP contribution in [0.3, 0.4) is 0 Å². The van der Waals surface area contributed by atoms with E-state index in [1.165, 1.54) is 26.2 Å². The van der Waals surface area contributed by atoms with Gasteiger partial charge in [0.2, 0.25) is 5.78 Å². The molecule has 2 aromatic rings. The van der Waals surface area contributed by atoms with Gasteiger partial charge in [0, 0.05) is 16.7 Å². The summed E-state index contributed by atoms with van der Waals surface area (Å²) in [5.74, 6) is -0.124. The number of esters is 1. The van der Waals surface area contributed by atoms with E-state index in [-0.39, 0.29) is 12.4 Å². The number of methoxy groups -OCH3 is 1. The minimum atomic E-state index is -0.936. The highest BCUT2D eigenvalue weighted by Gasteiger charge is 2.18. The number of nitriles is 1. The Kier molecular flexibility index (Phi) is 7.61. The Morgan fingerprint density at radius 3 is 2.54 bits per heavy atom. The van der Waals surface area contributed by atoms with Gasteiger partial charge in [0.15, 0.2) is 24.2 Å². The van der Waals surface area contributed by atoms with E-state index in [1.807, 2.05) is 6.07 Å². The van der Waals surface area contributed by atoms with E-state index >= 15 is 0 Å². The van der Waals surface area contributed by atoms with Crippen LogP contribution in [-0.4, -0.2) is 31.6 Å². The van der Waals surface area contributed by atoms with Gasteiger partial charge in [-0.2, -0.15) is 5.26 Å². The average Bonchev–Trinajstić information content (AvgIpc) is 2.70. The molecule has 0 spiro atoms. The monoisotopic (exact) mass is 399 g/mol. The number of ketones is 1. The number of halogens is 1. The molecule has 0 saturated carbocycles. The molecule has 2 aromatic carbocycles. The maximum atomic E-state index is 12.3. The second-order valence-electron chi connectivity index (χ2n) is 5.64. The van der Waals surface area contributed by atoms with Crippen LogP contribution >= 0.6 is 11.6 Å². The Balaban J connectivity index is 2.00. The summed E-state index contributed by atoms with van der Waals surface area (Å²) in [5.41, 5.74) is 1.07. The van der Waals surface area contributed by atoms with Crippen LogP contribution < -0.4 is 9.47 Å². The maximum absolute atomic E-state index is 12.3. The zero-order chi connectivity index (χ0) is 20.5. The summed E-state index contributed by atoms with van der Waals surface area (Å²) in [5, 5.41) is 9.10. The smallest absolute Gasteiger partial charge is 0.331 e. The molecule has 6 nitrogen and oxygen atoms in total. The van der Waals surface area contributed by atoms with Gasteiger partial charge >= 0.3 is 5.97 Å². The first kappa shape index (κ1) is 21.0. The Labute approximate surface area is 167 Å². The number of hydrogen-bond donors (Lipinski definition) is 0. The molecule has 0 N–H and O–H groups in total. The summed E-state index contributed by atoms with van der Waals surface area (Å²) in [6, 6.07) is 13.2. The van der Waals surface area contributed by atoms with E-state index < -0.39 is 12.1 Å². The molecule has 0 heterocycles. The molecule has 7 heteroatoms. The van der Waals surface area contributed by atoms with Gasteiger partial charge in [-0.25, -0.2) is 4.79 Å². The maximum Gasteiger partial charge on any atom is 0.331 e. The van der Waals surface area contributed by atoms with Crippen molar-refractivity contribution in [3.05, 3.63) is 64.7 Å². The van der Waals surface area contributed by atoms with E-state index in [1.54, 1.807) is 42.5 Å². The Morgan fingerprint density at radius 2 is 1.89 bits per heavy atom. The molecule has 0 saturated heterocycles. The molecular weight excluding hydrogens is 382 g/mol. The first-order chi connectivity index (χ1) is 13.4. The number of hydrogen-bond acceptors (Lipinski definition) is 6. The van der Waals surface area contributed by atoms with Gasteiger partial charge in [-0.05, 0) is 55.0 Å². The molecule has 0 aliphatic heterocycles. The lowest BCUT2D eigenvalue weighted by molar-refractivity contribution is -0.140. The highest BCUT2D eigenvalue weighted by molar-refractivity contribution is 6.30. The summed E-state index contributed by atoms with van der Waals surface area (Å²) in [6.07, 6.45) is 1.81. The fraction of sp³-hybridized carbons (Fsp3) is 0.190. The van der Waals surface area contributed by atoms with Crippen LogP contribution in [0.25, 0.3) is 6.08 Å². The highest BCUT2D eigenvalue weighted by Crippen LogP contribution is 2.28. The first-order valence-corrected chi connectivity index (χ1v) is 8.68. The minimum absolute atomic E-state index is 0.0998. The lowest BCUT2D eigenvalue weighted by atomic mass is 10.1. The molecule has 0 radical (unpaired) electrons. The molecule has 0 unspecified atom stereocenters. The van der Waals surface area contributed by atoms with E-state index in [4.69, 9.17) is 31.1 Å². The van der Waals surface area contributed by atoms with Crippen molar-refractivity contribution in [3.8, 4) is 17.6 Å². The molecule has 0 amide bonds. The van der Waals surface area contributed by atoms with Gasteiger partial charge in [-0.15, -0.1) is 0 Å². The van der Waals surface area contributed by atoms with Crippen LogP contribution in [0.1, 0.15) is 22.8 Å². The van der Waals surface area contributed by atoms with Crippen LogP contribution in [0, 0.1) is 11.3 Å². The standard InChI is InChI=1S/C21H18ClNO5/c1-14(21(25)16-5-7-17(22)8-6-16)28-20(24)10-4-15-3-9-18(27-12-11-23)19(13-15)26-2/h3-10,13-14H,12H2,1-2H3/b10-4+/t14-/m0/s1. The third kappa shape index (κ3) is 5.86. The molecule has 2 rings (SSSR count). The molecule has 0 aliphatic carbocycles. The molecule has 0 aromatic heterocycles. The summed E-state index contributed by atoms with van der Waals surface area (Å²) in [4.78, 5) is 24.3. The SMILES string of the molecule is COc1cc(/C=C/C(=O)O[C@@H](C)C(=O)c2ccc(Cl)cc2)ccc1OCC#N. The fourth-order valence-electron chi connectivity index (χ4n) is 2.30. The van der Waals surface area contributed by atoms with E-state index in [9.17, 15) is 9.59 Å². The third-order valence-corrected chi connectivity index (χ3v) is 3.93. The number of carbonyl (C=O) groups excluding carboxylic acids is 2. The van der Waals surface area contributed by atoms with Crippen molar-refractivity contribution in [2.45, 2.75) is 13.0 Å². The normalized spacial score (nSPS) is 11.5. The van der Waals surface area contributed by atoms with Crippen LogP contribution in [0.4, 0.5) is 0 Å². The second-order valence-corrected chi connectivity index (χ2v) is 6.08. The predicted molar refractivity (Wildman–Crippen MR) is 104 cm³/mol. The van der Waals surface area contributed by atoms with Crippen LogP contribution in [0.5, 0.6) is 11.5 Å². The zero-order valence-corrected chi connectivity index (χ0v) is 16.1. The number of nitrogens with zero attached hydrogens (tertiary/aromatic N) is 1. The topological polar surface area (TPSA) is 85.6 Å². The van der Waals surface area contributed by atoms with Crippen molar-refractivity contribution in [3.63, 3.8) is 0 Å². The Morgan fingerprint density at radius 1 is 1.18 bits per heavy atom. The first-order valence-electron chi connectivity index (χ1n) is 8.31. The number of Topliss-reactive ketones (excluding diaryl/α,β-unsaturated/α-hetero) is 1. The molecular formula is C21H18ClNO5. The third-order valence-electron chi connectivity index (χ3n) is 3.68. The van der Waals surface area contributed by atoms with Gasteiger partial charge < -0.3 is 14.2 Å². The largest absolute Gasteiger partial charge is 0.493 e. The quantitative estimate of drug-likeness (QED) is 0.377. The number of benzene rings is 2. The van der Waals surface area contributed by atoms with Gasteiger partial charge in [0.05, 0.1) is 7.11 Å². The van der Waals surface area contributed by atoms with E-state index in [2.05, 4.69) is 0 Å². The zero-order valence-electron chi connectivity index (χ0n) is 15.3. The molecule has 0 aliphatic rings. The van der Waals surface area contributed by atoms with Crippen molar-refractivity contribution < 1.29 is 23.8 Å². The lowest BCUT2D eigenvalue weighted by Crippen LogP contribution is -2.23. The van der Waals surface area contributed by atoms with E-state index in [0.29, 0.717) is 27.6 Å². The second kappa shape index (κ2) is 10.1. The summed E-state index contributed by atoms with van der Waals surface area (Å²) in [7, 11) is 1.47. The summed E-state index contributed by atoms with van der Waals surface area (Å²) in [6.45, 7) is 1.41. The van der Waals surface area contributed by atoms with Crippen molar-refractivity contribution in [2.24, 2.45) is 0 Å². The Hall–Kier alpha value is -3.30. The van der Waals surface area contributed by atoms with Gasteiger partial charge in [0.25, 0.3) is 0 Å². The molecule has 144 valence electrons. The van der Waals surface area contributed by atoms with Crippen LogP contribution in [0.15, 0.2) is 48.5 Å². The van der Waals surface area contributed by atoms with Crippen LogP contribution in [-0.2, 0) is 9.53 Å². The van der Waals surface area contributed by atoms with Crippen LogP contribution in [0.2, 0.25) is 5.02 Å². The summed E-state index contributed by atoms with van der Waals surface area (Å²) < 4.78 is 15.6. The predicted octanol–water partition coefficient (Wildman–Crippen LogP) is 4.08. The number of carbonyl (C=O) groups is 2. The van der Waals surface area contributed by atoms with Gasteiger partial charge in [0.1, 0.15) is 6.07 Å². The highest BCUT2D eigenvalue weighted by atomic mass is 35.5. The number of ether oxygens (including phenoxy) is 3. The molecule has 1 atom stereocenters. The van der Waals surface area contributed by atoms with Crippen molar-refractivity contribution in [2.75, 3.05) is 13.7 Å². The van der Waals surface area contributed by atoms with Gasteiger partial charge in [-0.3, -0.25) is 4.79 Å². The lowest BCUT2D eigenvalue weighted by Gasteiger charge is -2.11. The molecule has 28 heavy (non-hydrogen) atoms. The van der Waals surface area contributed by atoms with Crippen molar-refractivity contribution in [1.29, 1.82) is 5.26 Å².